The van der Waals surface area contributed by atoms with Gasteiger partial charge in [-0.25, -0.2) is 9.98 Å². The first kappa shape index (κ1) is 13.7. The van der Waals surface area contributed by atoms with Crippen LogP contribution in [-0.2, 0) is 21.4 Å². The number of nitrogens with zero attached hydrogens (tertiary/aromatic N) is 2. The van der Waals surface area contributed by atoms with Crippen molar-refractivity contribution in [2.75, 3.05) is 13.6 Å². The van der Waals surface area contributed by atoms with Crippen LogP contribution in [0.15, 0.2) is 41.5 Å². The topological polar surface area (TPSA) is 69.7 Å². The van der Waals surface area contributed by atoms with Gasteiger partial charge < -0.3 is 15.2 Å². The smallest absolute Gasteiger partial charge is 0.283 e. The van der Waals surface area contributed by atoms with Gasteiger partial charge in [-0.05, 0) is 66.5 Å². The zero-order chi connectivity index (χ0) is 24.5. The molecule has 1 aliphatic heterocycles. The van der Waals surface area contributed by atoms with E-state index in [1.54, 1.807) is 24.3 Å². The molecule has 5 rings (SSSR count). The maximum absolute atomic E-state index is 14.5. The number of amidine groups is 1. The number of hydrogen-bond donors (Lipinski definition) is 1. The number of nitrogens with two attached hydrogens (primary N) is 1. The van der Waals surface area contributed by atoms with E-state index in [0.29, 0.717) is 42.4 Å². The highest BCUT2D eigenvalue weighted by atomic mass is 19.1. The van der Waals surface area contributed by atoms with E-state index in [1.807, 2.05) is 13.0 Å². The summed E-state index contributed by atoms with van der Waals surface area (Å²) in [6.45, 7) is -0.325. The van der Waals surface area contributed by atoms with Crippen LogP contribution in [0.3, 0.4) is 0 Å². The quantitative estimate of drug-likeness (QED) is 0.779. The Morgan fingerprint density at radius 1 is 1.41 bits per heavy atom. The average Bonchev–Trinajstić information content (AvgIpc) is 3.14. The summed E-state index contributed by atoms with van der Waals surface area (Å²) in [5.74, 6) is -0.780. The number of pyridine rings is 1. The van der Waals surface area contributed by atoms with Crippen molar-refractivity contribution in [2.24, 2.45) is 22.1 Å². The number of rotatable bonds is 2. The number of benzene rings is 1. The SMILES string of the molecule is [2H]C([2H])([2H])O[C@@H]1CC[C@]2(Cc3ccc(-c4cccnc4F)cc3[C@@]23N=C(N)OC3([2H])[2H])C[C@H]1C. The molecule has 1 fully saturated rings. The molecule has 3 aliphatic rings. The largest absolute Gasteiger partial charge is 0.462 e. The van der Waals surface area contributed by atoms with E-state index in [9.17, 15) is 4.39 Å². The van der Waals surface area contributed by atoms with Gasteiger partial charge in [-0.2, -0.15) is 4.39 Å². The molecule has 1 saturated carbocycles. The lowest BCUT2D eigenvalue weighted by molar-refractivity contribution is -0.0445. The van der Waals surface area contributed by atoms with Crippen LogP contribution in [-0.4, -0.2) is 30.7 Å². The molecule has 2 spiro atoms. The van der Waals surface area contributed by atoms with E-state index >= 15 is 0 Å². The summed E-state index contributed by atoms with van der Waals surface area (Å²) < 4.78 is 65.5. The fourth-order valence-electron chi connectivity index (χ4n) is 5.51. The van der Waals surface area contributed by atoms with Crippen LogP contribution < -0.4 is 5.73 Å². The minimum Gasteiger partial charge on any atom is -0.462 e. The summed E-state index contributed by atoms with van der Waals surface area (Å²) in [4.78, 5) is 8.35. The zero-order valence-corrected chi connectivity index (χ0v) is 16.1. The second kappa shape index (κ2) is 6.52. The molecule has 0 bridgehead atoms. The average molecular weight is 401 g/mol. The van der Waals surface area contributed by atoms with Gasteiger partial charge in [0.15, 0.2) is 0 Å². The number of methoxy groups -OCH3 is 1. The van der Waals surface area contributed by atoms with E-state index in [2.05, 4.69) is 9.98 Å². The van der Waals surface area contributed by atoms with E-state index in [4.69, 9.17) is 22.1 Å². The van der Waals surface area contributed by atoms with Crippen molar-refractivity contribution in [2.45, 2.75) is 44.2 Å². The van der Waals surface area contributed by atoms with Crippen LogP contribution in [0.5, 0.6) is 0 Å². The van der Waals surface area contributed by atoms with E-state index in [-0.39, 0.29) is 11.9 Å². The third kappa shape index (κ3) is 2.61. The van der Waals surface area contributed by atoms with Crippen LogP contribution in [0.2, 0.25) is 0 Å². The number of aromatic nitrogens is 1. The monoisotopic (exact) mass is 400 g/mol. The highest BCUT2D eigenvalue weighted by molar-refractivity contribution is 5.76. The molecule has 6 heteroatoms. The fourth-order valence-corrected chi connectivity index (χ4v) is 5.51. The highest BCUT2D eigenvalue weighted by Gasteiger charge is 2.62. The Kier molecular flexibility index (Phi) is 3.08. The maximum atomic E-state index is 14.5. The Morgan fingerprint density at radius 2 is 2.31 bits per heavy atom. The van der Waals surface area contributed by atoms with Gasteiger partial charge in [0.2, 0.25) is 5.95 Å². The molecular weight excluding hydrogens is 369 g/mol. The molecule has 29 heavy (non-hydrogen) atoms. The van der Waals surface area contributed by atoms with Crippen LogP contribution in [0.4, 0.5) is 4.39 Å². The van der Waals surface area contributed by atoms with Crippen molar-refractivity contribution in [3.63, 3.8) is 0 Å². The lowest BCUT2D eigenvalue weighted by Gasteiger charge is -2.47. The first-order chi connectivity index (χ1) is 15.9. The number of fused-ring (bicyclic) bond motifs is 3. The van der Waals surface area contributed by atoms with Gasteiger partial charge >= 0.3 is 0 Å². The maximum Gasteiger partial charge on any atom is 0.283 e. The molecule has 4 atom stereocenters. The number of ether oxygens (including phenoxy) is 2. The molecule has 152 valence electrons. The molecule has 2 aliphatic carbocycles. The summed E-state index contributed by atoms with van der Waals surface area (Å²) in [6, 6.07) is 8.48. The van der Waals surface area contributed by atoms with Crippen molar-refractivity contribution in [3.8, 4) is 11.1 Å². The summed E-state index contributed by atoms with van der Waals surface area (Å²) in [7, 11) is -2.50. The van der Waals surface area contributed by atoms with E-state index < -0.39 is 36.6 Å². The van der Waals surface area contributed by atoms with Crippen molar-refractivity contribution < 1.29 is 20.7 Å². The van der Waals surface area contributed by atoms with Crippen LogP contribution in [0.1, 0.15) is 44.2 Å². The minimum absolute atomic E-state index is 0.163. The van der Waals surface area contributed by atoms with Crippen molar-refractivity contribution >= 4 is 6.02 Å². The Morgan fingerprint density at radius 3 is 3.03 bits per heavy atom. The first-order valence-corrected chi connectivity index (χ1v) is 9.84. The standard InChI is InChI=1S/C23H26FN3O2/c1-14-11-22(8-7-19(14)28-2)12-16-6-5-15(17-4-3-9-26-20(17)24)10-18(16)23(22)13-29-21(25)27-23/h3-6,9-10,14,19H,7-8,11-13H2,1-2H3,(H2,25,27)/t14-,19-,22-,23-/m1/s1/i2D3,13D2. The molecular formula is C23H26FN3O2. The summed E-state index contributed by atoms with van der Waals surface area (Å²) >= 11 is 0. The van der Waals surface area contributed by atoms with Crippen LogP contribution in [0, 0.1) is 17.3 Å². The molecule has 0 unspecified atom stereocenters. The second-order valence-corrected chi connectivity index (χ2v) is 8.41. The molecule has 0 radical (unpaired) electrons. The summed E-state index contributed by atoms with van der Waals surface area (Å²) in [5, 5.41) is 0. The minimum atomic E-state index is -2.50. The van der Waals surface area contributed by atoms with E-state index in [0.717, 1.165) is 5.56 Å². The summed E-state index contributed by atoms with van der Waals surface area (Å²) in [5.41, 5.74) is 6.16. The Labute approximate surface area is 177 Å². The van der Waals surface area contributed by atoms with Gasteiger partial charge in [0.05, 0.1) is 13.0 Å². The highest BCUT2D eigenvalue weighted by Crippen LogP contribution is 2.62. The second-order valence-electron chi connectivity index (χ2n) is 8.41. The molecule has 1 aromatic heterocycles. The first-order valence-electron chi connectivity index (χ1n) is 12.3. The molecule has 2 aromatic rings. The van der Waals surface area contributed by atoms with E-state index in [1.165, 1.54) is 6.20 Å². The predicted octanol–water partition coefficient (Wildman–Crippen LogP) is 3.81. The van der Waals surface area contributed by atoms with Gasteiger partial charge in [0, 0.05) is 24.2 Å². The van der Waals surface area contributed by atoms with Crippen molar-refractivity contribution in [3.05, 3.63) is 53.6 Å². The molecule has 0 saturated heterocycles. The fraction of sp³-hybridized carbons (Fsp3) is 0.478. The molecule has 0 amide bonds. The predicted molar refractivity (Wildman–Crippen MR) is 109 cm³/mol. The molecule has 5 nitrogen and oxygen atoms in total. The Balaban J connectivity index is 1.63. The number of halogens is 1. The third-order valence-corrected chi connectivity index (χ3v) is 6.85. The third-order valence-electron chi connectivity index (χ3n) is 6.85. The van der Waals surface area contributed by atoms with Gasteiger partial charge in [0.1, 0.15) is 12.1 Å². The van der Waals surface area contributed by atoms with Gasteiger partial charge in [-0.15, -0.1) is 0 Å². The van der Waals surface area contributed by atoms with Gasteiger partial charge in [-0.3, -0.25) is 0 Å². The summed E-state index contributed by atoms with van der Waals surface area (Å²) in [6.07, 6.45) is 2.79. The van der Waals surface area contributed by atoms with Crippen LogP contribution in [0.25, 0.3) is 11.1 Å². The Hall–Kier alpha value is -2.47. The molecule has 1 aromatic carbocycles. The molecule has 2 heterocycles. The lowest BCUT2D eigenvalue weighted by Crippen LogP contribution is -2.48. The zero-order valence-electron chi connectivity index (χ0n) is 21.1. The van der Waals surface area contributed by atoms with Crippen LogP contribution >= 0.6 is 0 Å². The Bertz CT molecular complexity index is 1170. The van der Waals surface area contributed by atoms with Crippen molar-refractivity contribution in [1.29, 1.82) is 0 Å². The normalized spacial score (nSPS) is 37.7. The van der Waals surface area contributed by atoms with Crippen molar-refractivity contribution in [1.82, 2.24) is 4.98 Å². The lowest BCUT2D eigenvalue weighted by atomic mass is 9.59. The van der Waals surface area contributed by atoms with Gasteiger partial charge in [-0.1, -0.05) is 19.1 Å². The number of aliphatic imine (C=N–C) groups is 1. The molecule has 2 N–H and O–H groups in total. The number of hydrogen-bond acceptors (Lipinski definition) is 5. The van der Waals surface area contributed by atoms with Gasteiger partial charge in [0.25, 0.3) is 6.02 Å².